The summed E-state index contributed by atoms with van der Waals surface area (Å²) in [5.41, 5.74) is 5.04. The molecule has 2 atom stereocenters. The van der Waals surface area contributed by atoms with Crippen LogP contribution in [0.2, 0.25) is 0 Å². The van der Waals surface area contributed by atoms with Crippen LogP contribution in [0.1, 0.15) is 36.8 Å². The normalized spacial score (nSPS) is 16.5. The van der Waals surface area contributed by atoms with Gasteiger partial charge in [-0.1, -0.05) is 146 Å². The molecule has 1 fully saturated rings. The van der Waals surface area contributed by atoms with E-state index in [1.165, 1.54) is 0 Å². The molecule has 0 aliphatic heterocycles. The molecule has 0 spiro atoms. The number of rotatable bonds is 6. The lowest BCUT2D eigenvalue weighted by molar-refractivity contribution is 0.390. The van der Waals surface area contributed by atoms with Gasteiger partial charge in [-0.15, -0.1) is 0 Å². The van der Waals surface area contributed by atoms with Gasteiger partial charge in [0.25, 0.3) is 0 Å². The van der Waals surface area contributed by atoms with Crippen molar-refractivity contribution >= 4 is 55.5 Å². The van der Waals surface area contributed by atoms with Crippen molar-refractivity contribution in [1.82, 2.24) is 0 Å². The van der Waals surface area contributed by atoms with E-state index in [4.69, 9.17) is 9.98 Å². The Hall–Kier alpha value is -6.26. The molecule has 1 aliphatic rings. The molecule has 4 heteroatoms. The van der Waals surface area contributed by atoms with Crippen molar-refractivity contribution in [1.29, 1.82) is 0 Å². The third-order valence-electron chi connectivity index (χ3n) is 10.7. The lowest BCUT2D eigenvalue weighted by Crippen LogP contribution is -2.27. The smallest absolute Gasteiger partial charge is 0.132 e. The minimum absolute atomic E-state index is 0.0444. The fraction of sp³-hybridized carbons (Fsp3) is 0.125. The summed E-state index contributed by atoms with van der Waals surface area (Å²) in [5.74, 6) is 0.466. The zero-order chi connectivity index (χ0) is 35.0. The number of aromatic hydroxyl groups is 2. The summed E-state index contributed by atoms with van der Waals surface area (Å²) in [6.07, 6.45) is 7.67. The monoisotopic (exact) mass is 674 g/mol. The topological polar surface area (TPSA) is 65.2 Å². The molecule has 0 amide bonds. The molecular weight excluding hydrogens is 637 g/mol. The van der Waals surface area contributed by atoms with Crippen LogP contribution in [-0.2, 0) is 0 Å². The number of phenolic OH excluding ortho intramolecular Hbond substituents is 2. The van der Waals surface area contributed by atoms with Crippen LogP contribution >= 0.6 is 0 Å². The Morgan fingerprint density at radius 3 is 1.23 bits per heavy atom. The van der Waals surface area contributed by atoms with Gasteiger partial charge in [0.15, 0.2) is 0 Å². The average Bonchev–Trinajstić information content (AvgIpc) is 3.19. The van der Waals surface area contributed by atoms with Gasteiger partial charge < -0.3 is 10.2 Å². The van der Waals surface area contributed by atoms with Crippen molar-refractivity contribution in [2.75, 3.05) is 0 Å². The zero-order valence-electron chi connectivity index (χ0n) is 28.8. The summed E-state index contributed by atoms with van der Waals surface area (Å²) < 4.78 is 0. The van der Waals surface area contributed by atoms with Crippen LogP contribution in [0.25, 0.3) is 65.3 Å². The molecule has 2 N–H and O–H groups in total. The number of hydrogen-bond acceptors (Lipinski definition) is 4. The average molecular weight is 675 g/mol. The van der Waals surface area contributed by atoms with Crippen LogP contribution in [-0.4, -0.2) is 34.7 Å². The SMILES string of the molecule is Oc1c(C=NC2CCCCC2N=Cc2cc3ccccc3c(-c3cccc4ccccc34)c2O)cc2ccccc2c1-c1cccc2ccccc12. The van der Waals surface area contributed by atoms with E-state index in [2.05, 4.69) is 84.9 Å². The molecule has 8 aromatic rings. The predicted octanol–water partition coefficient (Wildman–Crippen LogP) is 11.9. The molecular formula is C48H38N2O2. The molecule has 52 heavy (non-hydrogen) atoms. The van der Waals surface area contributed by atoms with Crippen molar-refractivity contribution in [3.63, 3.8) is 0 Å². The summed E-state index contributed by atoms with van der Waals surface area (Å²) >= 11 is 0. The number of aliphatic imine (C=N–C) groups is 2. The highest BCUT2D eigenvalue weighted by molar-refractivity contribution is 6.12. The third-order valence-corrected chi connectivity index (χ3v) is 10.7. The Bertz CT molecular complexity index is 2490. The van der Waals surface area contributed by atoms with E-state index in [9.17, 15) is 10.2 Å². The van der Waals surface area contributed by atoms with E-state index >= 15 is 0 Å². The second kappa shape index (κ2) is 13.5. The molecule has 252 valence electrons. The maximum absolute atomic E-state index is 11.9. The molecule has 0 bridgehead atoms. The highest BCUT2D eigenvalue weighted by Crippen LogP contribution is 2.43. The summed E-state index contributed by atoms with van der Waals surface area (Å²) in [4.78, 5) is 10.2. The zero-order valence-corrected chi connectivity index (χ0v) is 28.8. The van der Waals surface area contributed by atoms with Gasteiger partial charge in [0, 0.05) is 34.7 Å². The van der Waals surface area contributed by atoms with Crippen LogP contribution in [0.15, 0.2) is 156 Å². The van der Waals surface area contributed by atoms with Gasteiger partial charge >= 0.3 is 0 Å². The minimum atomic E-state index is -0.0444. The first-order valence-electron chi connectivity index (χ1n) is 18.2. The lowest BCUT2D eigenvalue weighted by Gasteiger charge is -2.25. The van der Waals surface area contributed by atoms with E-state index in [-0.39, 0.29) is 23.6 Å². The number of nitrogens with zero attached hydrogens (tertiary/aromatic N) is 2. The van der Waals surface area contributed by atoms with Crippen molar-refractivity contribution in [2.24, 2.45) is 9.98 Å². The van der Waals surface area contributed by atoms with Gasteiger partial charge in [-0.05, 0) is 79.2 Å². The summed E-state index contributed by atoms with van der Waals surface area (Å²) in [6, 6.07) is 49.5. The van der Waals surface area contributed by atoms with Crippen molar-refractivity contribution in [3.05, 3.63) is 157 Å². The molecule has 0 radical (unpaired) electrons. The Balaban J connectivity index is 1.09. The second-order valence-electron chi connectivity index (χ2n) is 13.8. The second-order valence-corrected chi connectivity index (χ2v) is 13.8. The van der Waals surface area contributed by atoms with Gasteiger partial charge in [0.2, 0.25) is 0 Å². The van der Waals surface area contributed by atoms with Gasteiger partial charge in [-0.25, -0.2) is 0 Å². The van der Waals surface area contributed by atoms with Crippen LogP contribution in [0, 0.1) is 0 Å². The van der Waals surface area contributed by atoms with Crippen LogP contribution in [0.3, 0.4) is 0 Å². The molecule has 0 saturated heterocycles. The van der Waals surface area contributed by atoms with E-state index in [1.807, 2.05) is 73.1 Å². The maximum Gasteiger partial charge on any atom is 0.132 e. The molecule has 0 aromatic heterocycles. The quantitative estimate of drug-likeness (QED) is 0.172. The lowest BCUT2D eigenvalue weighted by atomic mass is 9.90. The Morgan fingerprint density at radius 2 is 0.788 bits per heavy atom. The number of phenols is 2. The molecule has 0 heterocycles. The summed E-state index contributed by atoms with van der Waals surface area (Å²) in [7, 11) is 0. The van der Waals surface area contributed by atoms with E-state index in [1.54, 1.807) is 0 Å². The van der Waals surface area contributed by atoms with Gasteiger partial charge in [0.1, 0.15) is 11.5 Å². The first kappa shape index (κ1) is 31.7. The first-order chi connectivity index (χ1) is 25.6. The molecule has 8 aromatic carbocycles. The van der Waals surface area contributed by atoms with Crippen LogP contribution < -0.4 is 0 Å². The Morgan fingerprint density at radius 1 is 0.423 bits per heavy atom. The van der Waals surface area contributed by atoms with Gasteiger partial charge in [0.05, 0.1) is 12.1 Å². The Labute approximate surface area is 303 Å². The first-order valence-corrected chi connectivity index (χ1v) is 18.2. The maximum atomic E-state index is 11.9. The van der Waals surface area contributed by atoms with Crippen molar-refractivity contribution in [2.45, 2.75) is 37.8 Å². The summed E-state index contributed by atoms with van der Waals surface area (Å²) in [6.45, 7) is 0. The third kappa shape index (κ3) is 5.67. The minimum Gasteiger partial charge on any atom is -0.507 e. The van der Waals surface area contributed by atoms with E-state index in [0.717, 1.165) is 91.0 Å². The standard InChI is InChI=1S/C48H38N2O2/c51-47-35(27-33-15-3-7-21-39(33)45(47)41-23-11-17-31-13-1-5-19-37(31)41)29-49-43-25-9-10-26-44(43)50-30-36-28-34-16-4-8-22-40(34)46(48(36)52)42-24-12-18-32-14-2-6-20-38(32)42/h1-8,11-24,27-30,43-44,51-52H,9-10,25-26H2. The summed E-state index contributed by atoms with van der Waals surface area (Å²) in [5, 5.41) is 32.4. The fourth-order valence-corrected chi connectivity index (χ4v) is 8.14. The van der Waals surface area contributed by atoms with Crippen molar-refractivity contribution < 1.29 is 10.2 Å². The number of benzene rings is 8. The molecule has 1 saturated carbocycles. The van der Waals surface area contributed by atoms with E-state index < -0.39 is 0 Å². The largest absolute Gasteiger partial charge is 0.507 e. The van der Waals surface area contributed by atoms with Crippen molar-refractivity contribution in [3.8, 4) is 33.8 Å². The number of hydrogen-bond donors (Lipinski definition) is 2. The predicted molar refractivity (Wildman–Crippen MR) is 218 cm³/mol. The van der Waals surface area contributed by atoms with Crippen LogP contribution in [0.5, 0.6) is 11.5 Å². The highest BCUT2D eigenvalue weighted by atomic mass is 16.3. The van der Waals surface area contributed by atoms with E-state index in [0.29, 0.717) is 11.1 Å². The number of fused-ring (bicyclic) bond motifs is 4. The van der Waals surface area contributed by atoms with Crippen LogP contribution in [0.4, 0.5) is 0 Å². The highest BCUT2D eigenvalue weighted by Gasteiger charge is 2.24. The fourth-order valence-electron chi connectivity index (χ4n) is 8.14. The Kier molecular flexibility index (Phi) is 8.21. The van der Waals surface area contributed by atoms with Gasteiger partial charge in [-0.3, -0.25) is 9.98 Å². The molecule has 2 unspecified atom stereocenters. The molecule has 1 aliphatic carbocycles. The molecule has 4 nitrogen and oxygen atoms in total. The molecule has 9 rings (SSSR count). The van der Waals surface area contributed by atoms with Gasteiger partial charge in [-0.2, -0.15) is 0 Å².